The third-order valence-electron chi connectivity index (χ3n) is 9.00. The molecule has 0 amide bonds. The molecule has 1 aliphatic carbocycles. The zero-order chi connectivity index (χ0) is 37.1. The van der Waals surface area contributed by atoms with Crippen molar-refractivity contribution in [1.82, 2.24) is 0 Å². The van der Waals surface area contributed by atoms with Crippen molar-refractivity contribution in [2.45, 2.75) is 110 Å². The molecule has 4 rings (SSSR count). The summed E-state index contributed by atoms with van der Waals surface area (Å²) in [6, 6.07) is 14.5. The van der Waals surface area contributed by atoms with E-state index in [4.69, 9.17) is 33.1 Å². The lowest BCUT2D eigenvalue weighted by Gasteiger charge is -2.40. The predicted octanol–water partition coefficient (Wildman–Crippen LogP) is 9.66. The number of esters is 2. The minimum absolute atomic E-state index is 0.0796. The number of phenolic OH excluding ortho intramolecular Hbond substituents is 1. The first-order valence-corrected chi connectivity index (χ1v) is 27.4. The molecule has 0 unspecified atom stereocenters. The van der Waals surface area contributed by atoms with E-state index in [1.807, 2.05) is 62.4 Å². The monoisotopic (exact) mass is 808 g/mol. The Hall–Kier alpha value is -1.71. The predicted molar refractivity (Wildman–Crippen MR) is 221 cm³/mol. The fraction of sp³-hybridized carbons (Fsp3) is 0.500. The molecule has 0 aromatic heterocycles. The summed E-state index contributed by atoms with van der Waals surface area (Å²) in [4.78, 5) is 38.1. The number of carbonyl (C=O) groups excluding carboxylic acids is 3. The van der Waals surface area contributed by atoms with Crippen LogP contribution in [-0.2, 0) is 42.7 Å². The van der Waals surface area contributed by atoms with E-state index in [0.717, 1.165) is 36.3 Å². The average molecular weight is 809 g/mol. The van der Waals surface area contributed by atoms with Gasteiger partial charge in [0.05, 0.1) is 14.5 Å². The number of carbonyl (C=O) groups is 3. The Morgan fingerprint density at radius 1 is 0.902 bits per heavy atom. The van der Waals surface area contributed by atoms with Crippen LogP contribution in [0.25, 0.3) is 0 Å². The first kappa shape index (κ1) is 42.0. The van der Waals surface area contributed by atoms with E-state index in [9.17, 15) is 24.6 Å². The quantitative estimate of drug-likeness (QED) is 0.0466. The summed E-state index contributed by atoms with van der Waals surface area (Å²) in [7, 11) is 0. The Morgan fingerprint density at radius 3 is 2.14 bits per heavy atom. The number of phenols is 1. The highest BCUT2D eigenvalue weighted by Crippen LogP contribution is 3.04. The Bertz CT molecular complexity index is 1640. The molecule has 0 bridgehead atoms. The van der Waals surface area contributed by atoms with E-state index in [2.05, 4.69) is 6.92 Å². The van der Waals surface area contributed by atoms with Crippen LogP contribution in [0.1, 0.15) is 97.8 Å². The number of aromatic hydroxyl groups is 1. The van der Waals surface area contributed by atoms with E-state index in [0.29, 0.717) is 44.3 Å². The van der Waals surface area contributed by atoms with Gasteiger partial charge in [-0.3, -0.25) is 14.4 Å². The van der Waals surface area contributed by atoms with Gasteiger partial charge in [0.1, 0.15) is 23.4 Å². The van der Waals surface area contributed by atoms with Crippen molar-refractivity contribution < 1.29 is 34.1 Å². The van der Waals surface area contributed by atoms with E-state index in [1.165, 1.54) is 0 Å². The maximum Gasteiger partial charge on any atom is 0.311 e. The van der Waals surface area contributed by atoms with Gasteiger partial charge in [-0.1, -0.05) is 103 Å². The molecule has 0 spiro atoms. The topological polar surface area (TPSA) is 110 Å². The molecule has 1 saturated heterocycles. The minimum atomic E-state index is -1.93. The molecule has 13 heteroatoms. The van der Waals surface area contributed by atoms with Gasteiger partial charge in [-0.05, 0) is 94.0 Å². The van der Waals surface area contributed by atoms with Crippen molar-refractivity contribution in [2.75, 3.05) is 0 Å². The van der Waals surface area contributed by atoms with Gasteiger partial charge in [0.25, 0.3) is 0 Å². The van der Waals surface area contributed by atoms with Gasteiger partial charge in [-0.2, -0.15) is 0 Å². The molecule has 2 aromatic rings. The largest absolute Gasteiger partial charge is 0.508 e. The van der Waals surface area contributed by atoms with Crippen LogP contribution < -0.4 is 15.3 Å². The first-order valence-electron chi connectivity index (χ1n) is 17.8. The highest BCUT2D eigenvalue weighted by molar-refractivity contribution is 9.48. The van der Waals surface area contributed by atoms with Gasteiger partial charge in [-0.25, -0.2) is 0 Å². The Morgan fingerprint density at radius 2 is 1.51 bits per heavy atom. The standard InChI is InChI=1S/C38H50O7P2S4/c1-4-6-15-37(42)45-35-27-34(40)32(33(35)14-12-26-38(3,43)25-7-5-2)13-10-8-9-11-16-36(41)44-29-19-23-31(24-20-29)47(49)50-46(48,51-47)30-21-17-28(39)18-22-30/h8,10,12,14,17-24,32-33,35,39,43H,4-7,9,11,13,15-16,25-27H2,1-3H3/b10-8-,14-12+/t32-,33-,35-,38+,46?,47?/m1/s1. The molecule has 2 aromatic carbocycles. The van der Waals surface area contributed by atoms with Gasteiger partial charge in [0.15, 0.2) is 0 Å². The molecule has 2 N–H and O–H groups in total. The van der Waals surface area contributed by atoms with Crippen LogP contribution >= 0.6 is 30.9 Å². The lowest BCUT2D eigenvalue weighted by atomic mass is 9.88. The zero-order valence-corrected chi connectivity index (χ0v) is 34.7. The normalized spacial score (nSPS) is 25.9. The number of unbranched alkanes of at least 4 members (excludes halogenated alkanes) is 3. The number of aliphatic hydroxyl groups is 1. The summed E-state index contributed by atoms with van der Waals surface area (Å²) < 4.78 is 7.55. The molecule has 51 heavy (non-hydrogen) atoms. The number of rotatable bonds is 19. The molecule has 2 fully saturated rings. The molecule has 1 aliphatic heterocycles. The van der Waals surface area contributed by atoms with Gasteiger partial charge in [0.2, 0.25) is 0 Å². The Kier molecular flexibility index (Phi) is 16.1. The number of benzene rings is 2. The average Bonchev–Trinajstić information content (AvgIpc) is 3.36. The van der Waals surface area contributed by atoms with E-state index in [1.54, 1.807) is 46.3 Å². The summed E-state index contributed by atoms with van der Waals surface area (Å²) in [6.07, 6.45) is 14.8. The zero-order valence-electron chi connectivity index (χ0n) is 29.6. The van der Waals surface area contributed by atoms with Crippen molar-refractivity contribution in [3.8, 4) is 11.5 Å². The van der Waals surface area contributed by atoms with Crippen LogP contribution in [0.2, 0.25) is 0 Å². The summed E-state index contributed by atoms with van der Waals surface area (Å²) in [5.74, 6) is -0.352. The van der Waals surface area contributed by atoms with Crippen LogP contribution in [0.15, 0.2) is 72.8 Å². The van der Waals surface area contributed by atoms with Crippen LogP contribution in [0.3, 0.4) is 0 Å². The van der Waals surface area contributed by atoms with Gasteiger partial charge in [0, 0.05) is 41.7 Å². The highest BCUT2D eigenvalue weighted by atomic mass is 33.7. The summed E-state index contributed by atoms with van der Waals surface area (Å²) in [5, 5.41) is 22.4. The van der Waals surface area contributed by atoms with Crippen molar-refractivity contribution in [1.29, 1.82) is 0 Å². The SMILES string of the molecule is CCCCC(=O)O[C@@H]1CC(=O)[C@H](C/C=C\CCCC(=O)Oc2ccc(P3(=S)SP(=S)(c4ccc(O)cc4)S3)cc2)[C@H]1/C=C/C[C@@](C)(O)CCCC. The minimum Gasteiger partial charge on any atom is -0.508 e. The molecular formula is C38H50O7P2S4. The number of ketones is 1. The van der Waals surface area contributed by atoms with Crippen LogP contribution in [0.5, 0.6) is 11.5 Å². The van der Waals surface area contributed by atoms with Crippen molar-refractivity contribution in [3.05, 3.63) is 72.8 Å². The molecule has 0 radical (unpaired) electrons. The van der Waals surface area contributed by atoms with E-state index < -0.39 is 20.6 Å². The maximum atomic E-state index is 13.1. The van der Waals surface area contributed by atoms with Crippen molar-refractivity contribution in [2.24, 2.45) is 11.8 Å². The third-order valence-corrected chi connectivity index (χ3v) is 40.2. The van der Waals surface area contributed by atoms with Crippen LogP contribution in [0, 0.1) is 11.8 Å². The first-order chi connectivity index (χ1) is 24.3. The van der Waals surface area contributed by atoms with E-state index >= 15 is 0 Å². The summed E-state index contributed by atoms with van der Waals surface area (Å²) in [5.41, 5.74) is -0.817. The van der Waals surface area contributed by atoms with Gasteiger partial charge in [-0.15, -0.1) is 0 Å². The molecular weight excluding hydrogens is 759 g/mol. The Balaban J connectivity index is 1.23. The number of Topliss-reactive ketones (excluding diaryl/α,β-unsaturated/α-hetero) is 1. The second kappa shape index (κ2) is 19.6. The number of ether oxygens (including phenoxy) is 2. The second-order valence-electron chi connectivity index (χ2n) is 13.5. The smallest absolute Gasteiger partial charge is 0.311 e. The van der Waals surface area contributed by atoms with E-state index in [-0.39, 0.29) is 48.1 Å². The fourth-order valence-corrected chi connectivity index (χ4v) is 48.3. The summed E-state index contributed by atoms with van der Waals surface area (Å²) in [6.45, 7) is 5.95. The Labute approximate surface area is 320 Å². The van der Waals surface area contributed by atoms with Crippen molar-refractivity contribution in [3.63, 3.8) is 0 Å². The van der Waals surface area contributed by atoms with Crippen molar-refractivity contribution >= 4 is 82.8 Å². The lowest BCUT2D eigenvalue weighted by Crippen LogP contribution is -2.25. The molecule has 2 aliphatic rings. The molecule has 1 saturated carbocycles. The van der Waals surface area contributed by atoms with Gasteiger partial charge >= 0.3 is 11.9 Å². The molecule has 4 atom stereocenters. The third kappa shape index (κ3) is 12.4. The number of hydrogen-bond donors (Lipinski definition) is 2. The number of hydrogen-bond acceptors (Lipinski definition) is 11. The molecule has 1 heterocycles. The van der Waals surface area contributed by atoms with Gasteiger partial charge < -0.3 is 19.7 Å². The molecule has 278 valence electrons. The second-order valence-corrected chi connectivity index (χ2v) is 34.7. The number of allylic oxidation sites excluding steroid dienone is 2. The maximum absolute atomic E-state index is 13.1. The summed E-state index contributed by atoms with van der Waals surface area (Å²) >= 11 is 15.4. The fourth-order valence-electron chi connectivity index (χ4n) is 6.03. The molecule has 7 nitrogen and oxygen atoms in total. The highest BCUT2D eigenvalue weighted by Gasteiger charge is 2.46. The van der Waals surface area contributed by atoms with Crippen LogP contribution in [0.4, 0.5) is 0 Å². The lowest BCUT2D eigenvalue weighted by molar-refractivity contribution is -0.150. The van der Waals surface area contributed by atoms with Crippen LogP contribution in [-0.4, -0.2) is 39.6 Å².